The van der Waals surface area contributed by atoms with Crippen LogP contribution >= 0.6 is 34.8 Å². The summed E-state index contributed by atoms with van der Waals surface area (Å²) in [6.45, 7) is 1.85. The molecular weight excluding hydrogens is 488 g/mol. The summed E-state index contributed by atoms with van der Waals surface area (Å²) in [6, 6.07) is 12.0. The van der Waals surface area contributed by atoms with Crippen molar-refractivity contribution < 1.29 is 18.0 Å². The number of halogens is 6. The lowest BCUT2D eigenvalue weighted by atomic mass is 10.1. The van der Waals surface area contributed by atoms with Gasteiger partial charge in [0, 0.05) is 10.6 Å². The van der Waals surface area contributed by atoms with Crippen molar-refractivity contribution in [2.24, 2.45) is 0 Å². The molecule has 0 spiro atoms. The fourth-order valence-corrected chi connectivity index (χ4v) is 3.57. The van der Waals surface area contributed by atoms with E-state index >= 15 is 0 Å². The second-order valence-corrected chi connectivity index (χ2v) is 8.09. The van der Waals surface area contributed by atoms with Gasteiger partial charge in [0.15, 0.2) is 17.0 Å². The highest BCUT2D eigenvalue weighted by Crippen LogP contribution is 2.35. The van der Waals surface area contributed by atoms with Crippen LogP contribution in [-0.4, -0.2) is 20.5 Å². The highest BCUT2D eigenvalue weighted by atomic mass is 35.5. The van der Waals surface area contributed by atoms with E-state index < -0.39 is 23.5 Å². The number of aryl methyl sites for hydroxylation is 1. The van der Waals surface area contributed by atoms with Crippen molar-refractivity contribution in [2.75, 3.05) is 5.32 Å². The number of hydrogen-bond donors (Lipinski definition) is 1. The molecule has 11 heteroatoms. The van der Waals surface area contributed by atoms with E-state index in [1.54, 1.807) is 24.3 Å². The smallest absolute Gasteiger partial charge is 0.319 e. The summed E-state index contributed by atoms with van der Waals surface area (Å²) in [5.41, 5.74) is -0.288. The predicted octanol–water partition coefficient (Wildman–Crippen LogP) is 6.94. The quantitative estimate of drug-likeness (QED) is 0.332. The Morgan fingerprint density at radius 2 is 1.72 bits per heavy atom. The minimum absolute atomic E-state index is 0.0384. The van der Waals surface area contributed by atoms with Gasteiger partial charge < -0.3 is 5.32 Å². The number of rotatable bonds is 3. The highest BCUT2D eigenvalue weighted by Gasteiger charge is 2.36. The van der Waals surface area contributed by atoms with Crippen molar-refractivity contribution in [3.63, 3.8) is 0 Å². The standard InChI is InChI=1S/C21H12Cl3F3N4O/c1-10-2-4-11(5-3-10)14-9-16(21(25,26)27)31-19(28-14)17(24)18(30-31)20(32)29-15-8-12(22)6-7-13(15)23/h2-9H,1H3,(H,29,32). The third kappa shape index (κ3) is 4.26. The first-order valence-electron chi connectivity index (χ1n) is 9.04. The zero-order chi connectivity index (χ0) is 23.2. The average molecular weight is 500 g/mol. The molecule has 0 unspecified atom stereocenters. The van der Waals surface area contributed by atoms with Crippen LogP contribution in [0, 0.1) is 6.92 Å². The van der Waals surface area contributed by atoms with Crippen LogP contribution in [-0.2, 0) is 6.18 Å². The Balaban J connectivity index is 1.85. The van der Waals surface area contributed by atoms with Gasteiger partial charge in [0.1, 0.15) is 5.02 Å². The molecule has 5 nitrogen and oxygen atoms in total. The highest BCUT2D eigenvalue weighted by molar-refractivity contribution is 6.38. The van der Waals surface area contributed by atoms with Crippen LogP contribution < -0.4 is 5.32 Å². The maximum atomic E-state index is 13.8. The third-order valence-electron chi connectivity index (χ3n) is 4.56. The number of anilines is 1. The Morgan fingerprint density at radius 3 is 2.38 bits per heavy atom. The zero-order valence-electron chi connectivity index (χ0n) is 16.1. The number of alkyl halides is 3. The lowest BCUT2D eigenvalue weighted by Gasteiger charge is -2.11. The molecule has 0 bridgehead atoms. The minimum Gasteiger partial charge on any atom is -0.319 e. The Morgan fingerprint density at radius 1 is 1.03 bits per heavy atom. The lowest BCUT2D eigenvalue weighted by molar-refractivity contribution is -0.142. The summed E-state index contributed by atoms with van der Waals surface area (Å²) in [4.78, 5) is 17.0. The molecule has 2 aromatic heterocycles. The Hall–Kier alpha value is -2.81. The predicted molar refractivity (Wildman–Crippen MR) is 118 cm³/mol. The molecule has 0 aliphatic carbocycles. The number of nitrogens with one attached hydrogen (secondary N) is 1. The molecule has 0 radical (unpaired) electrons. The van der Waals surface area contributed by atoms with Crippen molar-refractivity contribution in [2.45, 2.75) is 13.1 Å². The molecule has 0 fully saturated rings. The molecule has 0 saturated heterocycles. The van der Waals surface area contributed by atoms with Gasteiger partial charge in [-0.3, -0.25) is 4.79 Å². The Bertz CT molecular complexity index is 1350. The van der Waals surface area contributed by atoms with Crippen LogP contribution in [0.5, 0.6) is 0 Å². The summed E-state index contributed by atoms with van der Waals surface area (Å²) in [6.07, 6.45) is -4.78. The number of carbonyl (C=O) groups excluding carboxylic acids is 1. The molecule has 1 amide bonds. The second kappa shape index (κ2) is 8.27. The van der Waals surface area contributed by atoms with Gasteiger partial charge in [0.25, 0.3) is 5.91 Å². The van der Waals surface area contributed by atoms with Gasteiger partial charge in [0.05, 0.1) is 16.4 Å². The van der Waals surface area contributed by atoms with Gasteiger partial charge in [-0.2, -0.15) is 18.3 Å². The molecule has 164 valence electrons. The summed E-state index contributed by atoms with van der Waals surface area (Å²) in [7, 11) is 0. The van der Waals surface area contributed by atoms with E-state index in [4.69, 9.17) is 34.8 Å². The molecule has 4 rings (SSSR count). The molecule has 32 heavy (non-hydrogen) atoms. The molecule has 1 N–H and O–H groups in total. The maximum Gasteiger partial charge on any atom is 0.433 e. The summed E-state index contributed by atoms with van der Waals surface area (Å²) >= 11 is 18.2. The molecule has 4 aromatic rings. The summed E-state index contributed by atoms with van der Waals surface area (Å²) < 4.78 is 41.9. The SMILES string of the molecule is Cc1ccc(-c2cc(C(F)(F)F)n3nc(C(=O)Nc4cc(Cl)ccc4Cl)c(Cl)c3n2)cc1. The second-order valence-electron chi connectivity index (χ2n) is 6.87. The minimum atomic E-state index is -4.78. The average Bonchev–Trinajstić information content (AvgIpc) is 3.06. The first-order valence-corrected chi connectivity index (χ1v) is 10.2. The molecule has 0 aliphatic rings. The van der Waals surface area contributed by atoms with Crippen molar-refractivity contribution in [3.05, 3.63) is 80.6 Å². The van der Waals surface area contributed by atoms with Crippen LogP contribution in [0.3, 0.4) is 0 Å². The lowest BCUT2D eigenvalue weighted by Crippen LogP contribution is -2.16. The number of amides is 1. The van der Waals surface area contributed by atoms with E-state index in [2.05, 4.69) is 15.4 Å². The van der Waals surface area contributed by atoms with Gasteiger partial charge in [-0.1, -0.05) is 64.6 Å². The van der Waals surface area contributed by atoms with E-state index in [1.165, 1.54) is 18.2 Å². The molecule has 0 atom stereocenters. The molecule has 0 aliphatic heterocycles. The van der Waals surface area contributed by atoms with Crippen LogP contribution in [0.2, 0.25) is 15.1 Å². The van der Waals surface area contributed by atoms with Gasteiger partial charge in [-0.25, -0.2) is 9.50 Å². The maximum absolute atomic E-state index is 13.8. The molecule has 0 saturated carbocycles. The third-order valence-corrected chi connectivity index (χ3v) is 5.47. The van der Waals surface area contributed by atoms with E-state index in [9.17, 15) is 18.0 Å². The van der Waals surface area contributed by atoms with Crippen molar-refractivity contribution in [1.82, 2.24) is 14.6 Å². The number of carbonyl (C=O) groups is 1. The Kier molecular flexibility index (Phi) is 5.79. The first kappa shape index (κ1) is 22.4. The topological polar surface area (TPSA) is 59.3 Å². The van der Waals surface area contributed by atoms with Gasteiger partial charge in [-0.05, 0) is 31.2 Å². The van der Waals surface area contributed by atoms with Crippen LogP contribution in [0.1, 0.15) is 21.7 Å². The number of fused-ring (bicyclic) bond motifs is 1. The summed E-state index contributed by atoms with van der Waals surface area (Å²) in [5.74, 6) is -0.866. The van der Waals surface area contributed by atoms with E-state index in [0.29, 0.717) is 15.1 Å². The normalized spacial score (nSPS) is 11.7. The van der Waals surface area contributed by atoms with Gasteiger partial charge in [-0.15, -0.1) is 0 Å². The van der Waals surface area contributed by atoms with E-state index in [-0.39, 0.29) is 27.1 Å². The molecular formula is C21H12Cl3F3N4O. The van der Waals surface area contributed by atoms with Crippen LogP contribution in [0.4, 0.5) is 18.9 Å². The van der Waals surface area contributed by atoms with Crippen LogP contribution in [0.15, 0.2) is 48.5 Å². The first-order chi connectivity index (χ1) is 15.0. The van der Waals surface area contributed by atoms with E-state index in [0.717, 1.165) is 11.6 Å². The Labute approximate surface area is 194 Å². The van der Waals surface area contributed by atoms with E-state index in [1.807, 2.05) is 6.92 Å². The fraction of sp³-hybridized carbons (Fsp3) is 0.0952. The van der Waals surface area contributed by atoms with Gasteiger partial charge >= 0.3 is 6.18 Å². The van der Waals surface area contributed by atoms with Crippen LogP contribution in [0.25, 0.3) is 16.9 Å². The molecule has 2 heterocycles. The largest absolute Gasteiger partial charge is 0.433 e. The molecule has 2 aromatic carbocycles. The number of benzene rings is 2. The summed E-state index contributed by atoms with van der Waals surface area (Å²) in [5, 5.41) is 6.39. The van der Waals surface area contributed by atoms with Gasteiger partial charge in [0.2, 0.25) is 0 Å². The number of aromatic nitrogens is 3. The van der Waals surface area contributed by atoms with Crippen molar-refractivity contribution >= 4 is 52.0 Å². The fourth-order valence-electron chi connectivity index (χ4n) is 2.99. The zero-order valence-corrected chi connectivity index (χ0v) is 18.4. The van der Waals surface area contributed by atoms with Crippen molar-refractivity contribution in [1.29, 1.82) is 0 Å². The monoisotopic (exact) mass is 498 g/mol. The number of hydrogen-bond acceptors (Lipinski definition) is 3. The van der Waals surface area contributed by atoms with Crippen molar-refractivity contribution in [3.8, 4) is 11.3 Å². The number of nitrogens with zero attached hydrogens (tertiary/aromatic N) is 3.